The highest BCUT2D eigenvalue weighted by atomic mass is 32.2. The third kappa shape index (κ3) is 5.82. The van der Waals surface area contributed by atoms with Gasteiger partial charge >= 0.3 is 17.1 Å². The highest BCUT2D eigenvalue weighted by Crippen LogP contribution is 2.41. The van der Waals surface area contributed by atoms with E-state index in [1.54, 1.807) is 23.9 Å². The minimum Gasteiger partial charge on any atom is -0.478 e. The van der Waals surface area contributed by atoms with Crippen molar-refractivity contribution in [2.45, 2.75) is 36.0 Å². The number of nitrogens with zero attached hydrogens (tertiary/aromatic N) is 5. The molecule has 15 nitrogen and oxygen atoms in total. The van der Waals surface area contributed by atoms with Gasteiger partial charge in [-0.15, -0.1) is 11.8 Å². The quantitative estimate of drug-likeness (QED) is 0.0580. The minimum absolute atomic E-state index is 0.130. The summed E-state index contributed by atoms with van der Waals surface area (Å²) in [5.41, 5.74) is 9.73. The van der Waals surface area contributed by atoms with E-state index in [9.17, 15) is 29.4 Å². The molecule has 2 atom stereocenters. The van der Waals surface area contributed by atoms with Gasteiger partial charge in [0.1, 0.15) is 17.1 Å². The smallest absolute Gasteiger partial charge is 0.361 e. The number of β-lactam (4-membered cyclic amide) rings is 1. The van der Waals surface area contributed by atoms with Gasteiger partial charge in [0.15, 0.2) is 10.8 Å². The Balaban J connectivity index is 1.53. The molecule has 1 fully saturated rings. The van der Waals surface area contributed by atoms with E-state index in [1.165, 1.54) is 43.6 Å². The second kappa shape index (κ2) is 11.3. The fraction of sp³-hybridized carbons (Fsp3) is 0.364. The number of anilines is 2. The summed E-state index contributed by atoms with van der Waals surface area (Å²) < 4.78 is 1.75. The Hall–Kier alpha value is -3.90. The molecule has 1 saturated heterocycles. The average Bonchev–Trinajstić information content (AvgIpc) is 3.32. The van der Waals surface area contributed by atoms with Gasteiger partial charge in [-0.1, -0.05) is 16.5 Å². The van der Waals surface area contributed by atoms with Crippen LogP contribution in [0.1, 0.15) is 18.7 Å². The van der Waals surface area contributed by atoms with Gasteiger partial charge < -0.3 is 31.8 Å². The largest absolute Gasteiger partial charge is 0.478 e. The number of nitrogens with two attached hydrogens (primary N) is 2. The van der Waals surface area contributed by atoms with Crippen molar-refractivity contribution in [3.8, 4) is 0 Å². The van der Waals surface area contributed by atoms with Crippen molar-refractivity contribution in [3.63, 3.8) is 0 Å². The van der Waals surface area contributed by atoms with Crippen LogP contribution in [-0.2, 0) is 31.1 Å². The fourth-order valence-corrected chi connectivity index (χ4v) is 6.68. The number of amides is 2. The van der Waals surface area contributed by atoms with Crippen LogP contribution in [-0.4, -0.2) is 83.1 Å². The number of carboxylic acid groups (broad SMARTS) is 2. The molecule has 2 aromatic heterocycles. The molecule has 2 unspecified atom stereocenters. The number of hydrogen-bond donors (Lipinski definition) is 5. The van der Waals surface area contributed by atoms with Gasteiger partial charge in [-0.05, 0) is 36.2 Å². The Morgan fingerprint density at radius 1 is 1.35 bits per heavy atom. The van der Waals surface area contributed by atoms with Crippen LogP contribution in [0.2, 0.25) is 0 Å². The molecule has 4 heterocycles. The van der Waals surface area contributed by atoms with Crippen LogP contribution in [0.25, 0.3) is 0 Å². The van der Waals surface area contributed by atoms with E-state index < -0.39 is 40.8 Å². The van der Waals surface area contributed by atoms with Crippen molar-refractivity contribution < 1.29 is 38.8 Å². The molecule has 2 aliphatic rings. The number of aryl methyl sites for hydroxylation is 1. The van der Waals surface area contributed by atoms with E-state index in [0.29, 0.717) is 22.3 Å². The van der Waals surface area contributed by atoms with E-state index in [1.807, 2.05) is 0 Å². The van der Waals surface area contributed by atoms with Crippen molar-refractivity contribution in [1.29, 1.82) is 0 Å². The normalized spacial score (nSPS) is 19.1. The Bertz CT molecular complexity index is 1460. The van der Waals surface area contributed by atoms with E-state index >= 15 is 0 Å². The summed E-state index contributed by atoms with van der Waals surface area (Å²) >= 11 is 3.50. The van der Waals surface area contributed by atoms with Crippen molar-refractivity contribution in [2.75, 3.05) is 23.0 Å². The summed E-state index contributed by atoms with van der Waals surface area (Å²) in [5, 5.41) is 25.6. The lowest BCUT2D eigenvalue weighted by Gasteiger charge is -2.49. The molecule has 2 amide bonds. The van der Waals surface area contributed by atoms with Crippen LogP contribution in [0.5, 0.6) is 0 Å². The number of aromatic nitrogens is 3. The molecule has 2 aromatic rings. The maximum Gasteiger partial charge on any atom is 0.361 e. The number of nitrogens with one attached hydrogen (secondary N) is 1. The van der Waals surface area contributed by atoms with E-state index in [2.05, 4.69) is 20.4 Å². The van der Waals surface area contributed by atoms with Gasteiger partial charge in [0.2, 0.25) is 11.4 Å². The first-order valence-electron chi connectivity index (χ1n) is 11.5. The molecule has 0 aromatic carbocycles. The van der Waals surface area contributed by atoms with E-state index in [4.69, 9.17) is 16.3 Å². The second-order valence-corrected chi connectivity index (χ2v) is 12.2. The predicted octanol–water partition coefficient (Wildman–Crippen LogP) is -0.358. The van der Waals surface area contributed by atoms with Gasteiger partial charge in [0.05, 0.1) is 18.1 Å². The Kier molecular flexibility index (Phi) is 8.22. The maximum atomic E-state index is 13.2. The first-order chi connectivity index (χ1) is 18.8. The van der Waals surface area contributed by atoms with Crippen molar-refractivity contribution in [2.24, 2.45) is 12.2 Å². The van der Waals surface area contributed by atoms with Gasteiger partial charge in [-0.3, -0.25) is 14.5 Å². The number of oxime groups is 1. The molecule has 0 aliphatic carbocycles. The lowest BCUT2D eigenvalue weighted by Crippen LogP contribution is -2.71. The molecular weight excluding hydrogens is 584 g/mol. The number of thioether (sulfide) groups is 2. The van der Waals surface area contributed by atoms with Crippen molar-refractivity contribution in [3.05, 3.63) is 34.6 Å². The monoisotopic (exact) mass is 609 g/mol. The molecule has 7 N–H and O–H groups in total. The summed E-state index contributed by atoms with van der Waals surface area (Å²) in [6.07, 6.45) is 3.01. The summed E-state index contributed by atoms with van der Waals surface area (Å²) in [6, 6.07) is 0.580. The van der Waals surface area contributed by atoms with Gasteiger partial charge in [0.25, 0.3) is 11.8 Å². The van der Waals surface area contributed by atoms with Crippen molar-refractivity contribution in [1.82, 2.24) is 20.2 Å². The maximum absolute atomic E-state index is 13.2. The highest BCUT2D eigenvalue weighted by molar-refractivity contribution is 8.01. The third-order valence-corrected chi connectivity index (χ3v) is 9.06. The van der Waals surface area contributed by atoms with Crippen LogP contribution >= 0.6 is 34.9 Å². The molecule has 2 aliphatic heterocycles. The van der Waals surface area contributed by atoms with Crippen LogP contribution in [0.4, 0.5) is 10.9 Å². The van der Waals surface area contributed by atoms with Gasteiger partial charge in [-0.25, -0.2) is 19.1 Å². The number of carboxylic acids is 2. The average molecular weight is 610 g/mol. The van der Waals surface area contributed by atoms with Crippen molar-refractivity contribution >= 4 is 75.3 Å². The lowest BCUT2D eigenvalue weighted by molar-refractivity contribution is -0.713. The first-order valence-corrected chi connectivity index (χ1v) is 14.3. The van der Waals surface area contributed by atoms with Crippen LogP contribution in [0, 0.1) is 0 Å². The second-order valence-electron chi connectivity index (χ2n) is 9.06. The summed E-state index contributed by atoms with van der Waals surface area (Å²) in [4.78, 5) is 64.5. The lowest BCUT2D eigenvalue weighted by atomic mass is 10.0. The molecule has 212 valence electrons. The third-order valence-electron chi connectivity index (χ3n) is 5.76. The topological polar surface area (TPSA) is 227 Å². The number of carbonyl (C=O) groups excluding carboxylic acids is 2. The first kappa shape index (κ1) is 29.1. The fourth-order valence-electron chi connectivity index (χ4n) is 3.56. The number of thiazole rings is 1. The molecule has 0 spiro atoms. The zero-order chi connectivity index (χ0) is 29.4. The zero-order valence-corrected chi connectivity index (χ0v) is 23.8. The summed E-state index contributed by atoms with van der Waals surface area (Å²) in [7, 11) is 1.78. The number of aliphatic carboxylic acids is 2. The Morgan fingerprint density at radius 3 is 2.70 bits per heavy atom. The SMILES string of the molecule is C[n+]1ccc(N)nc1SCC1=C(C(=O)O)N2C(=O)C(NC(=O)/C(=N\OC(C)(C)C(=O)O)c3cnc(N)s3)C2SC1. The highest BCUT2D eigenvalue weighted by Gasteiger charge is 2.54. The molecular formula is C22H25N8O7S3+. The Labute approximate surface area is 239 Å². The molecule has 18 heteroatoms. The molecule has 0 bridgehead atoms. The zero-order valence-electron chi connectivity index (χ0n) is 21.4. The van der Waals surface area contributed by atoms with Gasteiger partial charge in [0, 0.05) is 23.8 Å². The van der Waals surface area contributed by atoms with Crippen LogP contribution in [0.15, 0.2) is 40.0 Å². The number of nitrogen functional groups attached to an aromatic ring is 2. The number of hydrogen-bond acceptors (Lipinski definition) is 13. The van der Waals surface area contributed by atoms with Crippen LogP contribution in [0.3, 0.4) is 0 Å². The van der Waals surface area contributed by atoms with E-state index in [0.717, 1.165) is 16.2 Å². The van der Waals surface area contributed by atoms with E-state index in [-0.39, 0.29) is 27.2 Å². The predicted molar refractivity (Wildman–Crippen MR) is 146 cm³/mol. The number of fused-ring (bicyclic) bond motifs is 1. The molecule has 40 heavy (non-hydrogen) atoms. The Morgan fingerprint density at radius 2 is 2.08 bits per heavy atom. The summed E-state index contributed by atoms with van der Waals surface area (Å²) in [5.74, 6) is -3.17. The standard InChI is InChI=1S/C22H24N8O7S3/c1-22(2,19(35)36)37-28-12(10-6-25-20(24)40-10)15(31)27-13-16(32)30-14(18(33)34)9(7-38-17(13)30)8-39-21-26-11(23)4-5-29(21)3/h4-6,13,17,23H,7-8H2,1-3H3,(H5,24,25,27,28,31,33,34,35,36)/p+1. The van der Waals surface area contributed by atoms with Gasteiger partial charge in [-0.2, -0.15) is 0 Å². The molecule has 4 rings (SSSR count). The number of rotatable bonds is 10. The molecule has 0 radical (unpaired) electrons. The van der Waals surface area contributed by atoms with Crippen LogP contribution < -0.4 is 21.4 Å². The number of carbonyl (C=O) groups is 4. The molecule has 0 saturated carbocycles. The summed E-state index contributed by atoms with van der Waals surface area (Å²) in [6.45, 7) is 2.50. The minimum atomic E-state index is -1.75.